The quantitative estimate of drug-likeness (QED) is 0.477. The van der Waals surface area contributed by atoms with Crippen molar-refractivity contribution in [1.29, 1.82) is 0 Å². The molecule has 170 valence electrons. The van der Waals surface area contributed by atoms with Gasteiger partial charge in [-0.05, 0) is 42.7 Å². The first kappa shape index (κ1) is 22.8. The highest BCUT2D eigenvalue weighted by Gasteiger charge is 2.47. The van der Waals surface area contributed by atoms with Gasteiger partial charge in [0.15, 0.2) is 7.36 Å². The van der Waals surface area contributed by atoms with Crippen molar-refractivity contribution in [3.63, 3.8) is 0 Å². The Kier molecular flexibility index (Phi) is 5.85. The van der Waals surface area contributed by atoms with Crippen LogP contribution in [0.2, 0.25) is 0 Å². The first-order valence-corrected chi connectivity index (χ1v) is 13.2. The minimum absolute atomic E-state index is 0.131. The smallest absolute Gasteiger partial charge is 0.174 e. The second-order valence-corrected chi connectivity index (χ2v) is 12.2. The number of allylic oxidation sites excluding steroid dienone is 2. The zero-order valence-corrected chi connectivity index (χ0v) is 21.6. The van der Waals surface area contributed by atoms with Crippen molar-refractivity contribution in [1.82, 2.24) is 9.45 Å². The number of anilines is 1. The largest absolute Gasteiger partial charge is 0.346 e. The Hall–Kier alpha value is -2.36. The van der Waals surface area contributed by atoms with Crippen LogP contribution in [0.3, 0.4) is 0 Å². The average molecular weight is 450 g/mol. The third kappa shape index (κ3) is 3.17. The van der Waals surface area contributed by atoms with Gasteiger partial charge < -0.3 is 4.90 Å². The van der Waals surface area contributed by atoms with Gasteiger partial charge in [-0.3, -0.25) is 0 Å². The number of rotatable bonds is 4. The van der Waals surface area contributed by atoms with E-state index in [1.807, 2.05) is 0 Å². The third-order valence-electron chi connectivity index (χ3n) is 7.13. The van der Waals surface area contributed by atoms with E-state index in [0.717, 1.165) is 18.8 Å². The summed E-state index contributed by atoms with van der Waals surface area (Å²) in [5, 5.41) is 6.14. The molecule has 6 heteroatoms. The SMILES string of the molecule is CCN(CC)[P@]1(=Nc2cccc(C)c2C)/C(=C2/N(C)c3ccccc3C2(C)C)C=NN1C. The zero-order valence-electron chi connectivity index (χ0n) is 20.7. The van der Waals surface area contributed by atoms with Gasteiger partial charge >= 0.3 is 0 Å². The van der Waals surface area contributed by atoms with E-state index < -0.39 is 7.36 Å². The van der Waals surface area contributed by atoms with E-state index in [1.165, 1.54) is 33.4 Å². The van der Waals surface area contributed by atoms with Crippen molar-refractivity contribution in [2.24, 2.45) is 9.85 Å². The first-order valence-electron chi connectivity index (χ1n) is 11.5. The summed E-state index contributed by atoms with van der Waals surface area (Å²) in [5.74, 6) is 0. The molecule has 0 aliphatic carbocycles. The van der Waals surface area contributed by atoms with Crippen molar-refractivity contribution in [2.45, 2.75) is 47.0 Å². The lowest BCUT2D eigenvalue weighted by atomic mass is 9.84. The van der Waals surface area contributed by atoms with Gasteiger partial charge in [0.05, 0.1) is 17.2 Å². The highest BCUT2D eigenvalue weighted by atomic mass is 31.2. The van der Waals surface area contributed by atoms with Crippen molar-refractivity contribution < 1.29 is 0 Å². The number of fused-ring (bicyclic) bond motifs is 1. The molecule has 0 spiro atoms. The summed E-state index contributed by atoms with van der Waals surface area (Å²) < 4.78 is 10.3. The Balaban J connectivity index is 2.09. The van der Waals surface area contributed by atoms with Crippen molar-refractivity contribution >= 4 is 24.9 Å². The van der Waals surface area contributed by atoms with Crippen molar-refractivity contribution in [3.8, 4) is 0 Å². The predicted molar refractivity (Wildman–Crippen MR) is 139 cm³/mol. The molecule has 0 bridgehead atoms. The van der Waals surface area contributed by atoms with Gasteiger partial charge in [-0.15, -0.1) is 0 Å². The molecule has 2 aliphatic heterocycles. The molecular formula is C26H36N5P. The van der Waals surface area contributed by atoms with E-state index >= 15 is 0 Å². The summed E-state index contributed by atoms with van der Waals surface area (Å²) in [6.45, 7) is 15.3. The van der Waals surface area contributed by atoms with Crippen LogP contribution in [0.1, 0.15) is 44.4 Å². The van der Waals surface area contributed by atoms with Gasteiger partial charge in [0.1, 0.15) is 0 Å². The molecule has 0 aromatic heterocycles. The van der Waals surface area contributed by atoms with Crippen LogP contribution in [0.15, 0.2) is 63.3 Å². The number of hydrogen-bond donors (Lipinski definition) is 0. The number of aryl methyl sites for hydroxylation is 1. The Labute approximate surface area is 193 Å². The predicted octanol–water partition coefficient (Wildman–Crippen LogP) is 6.88. The minimum atomic E-state index is -2.31. The molecular weight excluding hydrogens is 413 g/mol. The van der Waals surface area contributed by atoms with Gasteiger partial charge in [-0.1, -0.05) is 58.0 Å². The maximum atomic E-state index is 5.62. The Morgan fingerprint density at radius 3 is 2.34 bits per heavy atom. The number of para-hydroxylation sites is 1. The van der Waals surface area contributed by atoms with E-state index in [9.17, 15) is 0 Å². The molecule has 0 saturated heterocycles. The second-order valence-electron chi connectivity index (χ2n) is 9.20. The average Bonchev–Trinajstić information content (AvgIpc) is 3.18. The third-order valence-corrected chi connectivity index (χ3v) is 10.9. The summed E-state index contributed by atoms with van der Waals surface area (Å²) in [4.78, 5) is 2.37. The van der Waals surface area contributed by atoms with Crippen LogP contribution in [0.25, 0.3) is 0 Å². The van der Waals surface area contributed by atoms with Crippen molar-refractivity contribution in [3.05, 3.63) is 70.2 Å². The van der Waals surface area contributed by atoms with E-state index in [1.54, 1.807) is 0 Å². The fourth-order valence-corrected chi connectivity index (χ4v) is 9.00. The number of nitrogens with zero attached hydrogens (tertiary/aromatic N) is 5. The van der Waals surface area contributed by atoms with E-state index in [-0.39, 0.29) is 5.41 Å². The summed E-state index contributed by atoms with van der Waals surface area (Å²) in [7, 11) is 1.97. The normalized spacial score (nSPS) is 23.9. The lowest BCUT2D eigenvalue weighted by Crippen LogP contribution is -2.30. The molecule has 0 N–H and O–H groups in total. The molecule has 2 aromatic rings. The van der Waals surface area contributed by atoms with Gasteiger partial charge in [-0.25, -0.2) is 14.2 Å². The lowest BCUT2D eigenvalue weighted by Gasteiger charge is -2.39. The summed E-state index contributed by atoms with van der Waals surface area (Å²) in [6.07, 6.45) is 2.08. The topological polar surface area (TPSA) is 34.4 Å². The number of likely N-dealkylation sites (N-methyl/N-ethyl adjacent to an activating group) is 1. The molecule has 2 aromatic carbocycles. The molecule has 4 rings (SSSR count). The molecule has 5 nitrogen and oxygen atoms in total. The van der Waals surface area contributed by atoms with Gasteiger partial charge in [-0.2, -0.15) is 5.10 Å². The molecule has 0 radical (unpaired) electrons. The summed E-state index contributed by atoms with van der Waals surface area (Å²) in [5.41, 5.74) is 7.38. The molecule has 32 heavy (non-hydrogen) atoms. The van der Waals surface area contributed by atoms with Crippen LogP contribution in [-0.2, 0) is 5.41 Å². The Bertz CT molecular complexity index is 1160. The maximum absolute atomic E-state index is 5.62. The molecule has 0 fully saturated rings. The second kappa shape index (κ2) is 8.20. The standard InChI is InChI=1S/C26H36N5P/c1-9-31(10-2)32(28-22-16-13-14-19(3)20(22)4)24(18-27-30(32)8)25-26(5,6)21-15-11-12-17-23(21)29(25)7/h11-18H,9-10H2,1-8H3/b25-24+/t32-/m0/s1. The molecule has 0 saturated carbocycles. The highest BCUT2D eigenvalue weighted by Crippen LogP contribution is 2.69. The number of hydrogen-bond acceptors (Lipinski definition) is 3. The summed E-state index contributed by atoms with van der Waals surface area (Å²) >= 11 is 0. The zero-order chi connectivity index (χ0) is 23.3. The van der Waals surface area contributed by atoms with Gasteiger partial charge in [0.25, 0.3) is 0 Å². The molecule has 0 amide bonds. The van der Waals surface area contributed by atoms with Crippen LogP contribution >= 0.6 is 7.36 Å². The van der Waals surface area contributed by atoms with E-state index in [2.05, 4.69) is 119 Å². The first-order chi connectivity index (χ1) is 15.2. The molecule has 0 unspecified atom stereocenters. The summed E-state index contributed by atoms with van der Waals surface area (Å²) in [6, 6.07) is 15.2. The Morgan fingerprint density at radius 1 is 1.00 bits per heavy atom. The van der Waals surface area contributed by atoms with Crippen molar-refractivity contribution in [2.75, 3.05) is 32.1 Å². The maximum Gasteiger partial charge on any atom is 0.174 e. The number of benzene rings is 2. The molecule has 1 atom stereocenters. The van der Waals surface area contributed by atoms with Crippen LogP contribution in [0.5, 0.6) is 0 Å². The van der Waals surface area contributed by atoms with Gasteiger partial charge in [0, 0.05) is 44.0 Å². The monoisotopic (exact) mass is 449 g/mol. The van der Waals surface area contributed by atoms with Crippen LogP contribution < -0.4 is 4.90 Å². The molecule has 2 aliphatic rings. The van der Waals surface area contributed by atoms with Gasteiger partial charge in [0.2, 0.25) is 0 Å². The lowest BCUT2D eigenvalue weighted by molar-refractivity contribution is 0.452. The van der Waals surface area contributed by atoms with E-state index in [4.69, 9.17) is 9.85 Å². The van der Waals surface area contributed by atoms with Crippen LogP contribution in [-0.4, -0.2) is 42.8 Å². The fourth-order valence-electron chi connectivity index (χ4n) is 5.23. The molecule has 2 heterocycles. The number of hydrazone groups is 1. The van der Waals surface area contributed by atoms with Crippen LogP contribution in [0.4, 0.5) is 11.4 Å². The highest BCUT2D eigenvalue weighted by molar-refractivity contribution is 7.67. The van der Waals surface area contributed by atoms with Crippen LogP contribution in [0, 0.1) is 13.8 Å². The Morgan fingerprint density at radius 2 is 1.69 bits per heavy atom. The minimum Gasteiger partial charge on any atom is -0.346 e. The van der Waals surface area contributed by atoms with E-state index in [0.29, 0.717) is 0 Å². The fraction of sp³-hybridized carbons (Fsp3) is 0.423.